The minimum absolute atomic E-state index is 0. The number of anilines is 1. The maximum atomic E-state index is 13.7. The van der Waals surface area contributed by atoms with Crippen LogP contribution in [-0.2, 0) is 4.74 Å². The van der Waals surface area contributed by atoms with E-state index in [0.717, 1.165) is 24.2 Å². The van der Waals surface area contributed by atoms with Gasteiger partial charge in [-0.2, -0.15) is 0 Å². The van der Waals surface area contributed by atoms with Crippen LogP contribution >= 0.6 is 24.0 Å². The van der Waals surface area contributed by atoms with Gasteiger partial charge < -0.3 is 14.7 Å². The molecule has 7 heteroatoms. The van der Waals surface area contributed by atoms with Crippen LogP contribution < -0.4 is 4.90 Å². The molecule has 1 fully saturated rings. The second kappa shape index (κ2) is 7.93. The Balaban J connectivity index is 0.00000192. The molecule has 0 bridgehead atoms. The first-order chi connectivity index (χ1) is 10.7. The Labute approximate surface area is 144 Å². The van der Waals surface area contributed by atoms with Crippen molar-refractivity contribution in [1.29, 1.82) is 0 Å². The molecule has 3 rings (SSSR count). The monoisotopic (exact) mass is 358 g/mol. The number of nitrogens with zero attached hydrogens (tertiary/aromatic N) is 2. The first-order valence-corrected chi connectivity index (χ1v) is 7.47. The van der Waals surface area contributed by atoms with Crippen molar-refractivity contribution in [3.05, 3.63) is 40.8 Å². The Bertz CT molecular complexity index is 719. The van der Waals surface area contributed by atoms with Gasteiger partial charge in [0, 0.05) is 30.2 Å². The summed E-state index contributed by atoms with van der Waals surface area (Å²) in [5, 5.41) is 9.82. The van der Waals surface area contributed by atoms with Crippen LogP contribution in [0, 0.1) is 5.82 Å². The molecule has 2 aromatic rings. The Morgan fingerprint density at radius 1 is 1.30 bits per heavy atom. The number of aromatic nitrogens is 1. The van der Waals surface area contributed by atoms with Gasteiger partial charge in [0.05, 0.1) is 36.1 Å². The molecule has 2 heterocycles. The zero-order valence-corrected chi connectivity index (χ0v) is 13.9. The number of hydrogen-bond donors (Lipinski definition) is 1. The fourth-order valence-electron chi connectivity index (χ4n) is 2.55. The molecule has 0 spiro atoms. The Kier molecular flexibility index (Phi) is 6.18. The molecular weight excluding hydrogens is 342 g/mol. The van der Waals surface area contributed by atoms with Gasteiger partial charge in [0.15, 0.2) is 0 Å². The summed E-state index contributed by atoms with van der Waals surface area (Å²) in [5.41, 5.74) is 2.17. The molecule has 1 aromatic heterocycles. The maximum Gasteiger partial charge on any atom is 0.143 e. The van der Waals surface area contributed by atoms with Crippen LogP contribution in [0.5, 0.6) is 0 Å². The Morgan fingerprint density at radius 2 is 2.04 bits per heavy atom. The molecule has 1 aromatic carbocycles. The number of fused-ring (bicyclic) bond motifs is 1. The highest BCUT2D eigenvalue weighted by atomic mass is 35.5. The molecule has 0 unspecified atom stereocenters. The average molecular weight is 359 g/mol. The third-order valence-electron chi connectivity index (χ3n) is 3.59. The summed E-state index contributed by atoms with van der Waals surface area (Å²) < 4.78 is 19.1. The van der Waals surface area contributed by atoms with Gasteiger partial charge in [0.2, 0.25) is 0 Å². The van der Waals surface area contributed by atoms with Crippen molar-refractivity contribution < 1.29 is 14.2 Å². The molecule has 1 saturated heterocycles. The van der Waals surface area contributed by atoms with Crippen molar-refractivity contribution in [1.82, 2.24) is 4.98 Å². The van der Waals surface area contributed by atoms with E-state index in [0.29, 0.717) is 24.4 Å². The number of morpholine rings is 1. The summed E-state index contributed by atoms with van der Waals surface area (Å²) in [6, 6.07) is 4.88. The van der Waals surface area contributed by atoms with E-state index >= 15 is 0 Å². The van der Waals surface area contributed by atoms with Gasteiger partial charge in [-0.25, -0.2) is 9.37 Å². The highest BCUT2D eigenvalue weighted by molar-refractivity contribution is 6.31. The molecule has 4 nitrogen and oxygen atoms in total. The minimum Gasteiger partial charge on any atom is -0.392 e. The summed E-state index contributed by atoms with van der Waals surface area (Å²) in [4.78, 5) is 6.59. The lowest BCUT2D eigenvalue weighted by atomic mass is 10.1. The highest BCUT2D eigenvalue weighted by Crippen LogP contribution is 2.31. The van der Waals surface area contributed by atoms with Crippen molar-refractivity contribution in [2.24, 2.45) is 0 Å². The van der Waals surface area contributed by atoms with Gasteiger partial charge in [-0.1, -0.05) is 17.7 Å². The third-order valence-corrected chi connectivity index (χ3v) is 3.88. The first kappa shape index (κ1) is 17.9. The second-order valence-corrected chi connectivity index (χ2v) is 5.44. The molecule has 124 valence electrons. The number of rotatable bonds is 3. The molecule has 0 saturated carbocycles. The molecular formula is C16H17Cl2FN2O2. The quantitative estimate of drug-likeness (QED) is 0.914. The van der Waals surface area contributed by atoms with Crippen molar-refractivity contribution in [3.8, 4) is 0 Å². The lowest BCUT2D eigenvalue weighted by Gasteiger charge is -2.30. The van der Waals surface area contributed by atoms with Gasteiger partial charge in [0.1, 0.15) is 5.82 Å². The SMILES string of the molecule is Cl.OC/C=C/c1cc(N2CCOCC2)c2cc(Cl)c(F)cc2n1. The van der Waals surface area contributed by atoms with E-state index in [1.807, 2.05) is 6.07 Å². The fourth-order valence-corrected chi connectivity index (χ4v) is 2.71. The summed E-state index contributed by atoms with van der Waals surface area (Å²) in [6.45, 7) is 2.76. The van der Waals surface area contributed by atoms with Crippen molar-refractivity contribution in [3.63, 3.8) is 0 Å². The van der Waals surface area contributed by atoms with Crippen molar-refractivity contribution >= 4 is 46.7 Å². The largest absolute Gasteiger partial charge is 0.392 e. The van der Waals surface area contributed by atoms with Crippen LogP contribution in [0.1, 0.15) is 5.69 Å². The van der Waals surface area contributed by atoms with E-state index in [1.165, 1.54) is 6.07 Å². The number of aliphatic hydroxyl groups excluding tert-OH is 1. The van der Waals surface area contributed by atoms with E-state index in [4.69, 9.17) is 21.4 Å². The van der Waals surface area contributed by atoms with Gasteiger partial charge in [-0.3, -0.25) is 0 Å². The van der Waals surface area contributed by atoms with E-state index in [-0.39, 0.29) is 24.0 Å². The van der Waals surface area contributed by atoms with E-state index < -0.39 is 5.82 Å². The van der Waals surface area contributed by atoms with Crippen LogP contribution in [0.4, 0.5) is 10.1 Å². The van der Waals surface area contributed by atoms with Crippen molar-refractivity contribution in [2.45, 2.75) is 0 Å². The van der Waals surface area contributed by atoms with Crippen LogP contribution in [0.15, 0.2) is 24.3 Å². The molecule has 0 radical (unpaired) electrons. The van der Waals surface area contributed by atoms with Crippen LogP contribution in [-0.4, -0.2) is 43.0 Å². The summed E-state index contributed by atoms with van der Waals surface area (Å²) in [6.07, 6.45) is 3.32. The number of aliphatic hydroxyl groups is 1. The predicted octanol–water partition coefficient (Wildman–Crippen LogP) is 3.29. The van der Waals surface area contributed by atoms with Gasteiger partial charge in [-0.15, -0.1) is 12.4 Å². The molecule has 0 amide bonds. The molecule has 0 atom stereocenters. The highest BCUT2D eigenvalue weighted by Gasteiger charge is 2.16. The second-order valence-electron chi connectivity index (χ2n) is 5.03. The van der Waals surface area contributed by atoms with E-state index in [9.17, 15) is 4.39 Å². The van der Waals surface area contributed by atoms with Gasteiger partial charge in [0.25, 0.3) is 0 Å². The maximum absolute atomic E-state index is 13.7. The zero-order valence-electron chi connectivity index (χ0n) is 12.3. The van der Waals surface area contributed by atoms with Crippen LogP contribution in [0.2, 0.25) is 5.02 Å². The van der Waals surface area contributed by atoms with Gasteiger partial charge in [-0.05, 0) is 18.2 Å². The Hall–Kier alpha value is -1.40. The summed E-state index contributed by atoms with van der Waals surface area (Å²) in [5.74, 6) is -0.488. The van der Waals surface area contributed by atoms with Crippen LogP contribution in [0.25, 0.3) is 17.0 Å². The topological polar surface area (TPSA) is 45.6 Å². The molecule has 0 aliphatic carbocycles. The summed E-state index contributed by atoms with van der Waals surface area (Å²) in [7, 11) is 0. The smallest absolute Gasteiger partial charge is 0.143 e. The standard InChI is InChI=1S/C16H16ClFN2O2.ClH/c17-13-9-12-15(10-14(13)18)19-11(2-1-5-21)8-16(12)20-3-6-22-7-4-20;/h1-2,8-10,21H,3-7H2;1H/b2-1+;. The Morgan fingerprint density at radius 3 is 2.74 bits per heavy atom. The summed E-state index contributed by atoms with van der Waals surface area (Å²) >= 11 is 5.93. The average Bonchev–Trinajstić information content (AvgIpc) is 2.54. The molecule has 1 N–H and O–H groups in total. The fraction of sp³-hybridized carbons (Fsp3) is 0.312. The molecule has 1 aliphatic heterocycles. The number of benzene rings is 1. The van der Waals surface area contributed by atoms with Crippen molar-refractivity contribution in [2.75, 3.05) is 37.8 Å². The van der Waals surface area contributed by atoms with Crippen LogP contribution in [0.3, 0.4) is 0 Å². The lowest BCUT2D eigenvalue weighted by Crippen LogP contribution is -2.36. The number of ether oxygens (including phenoxy) is 1. The predicted molar refractivity (Wildman–Crippen MR) is 93.1 cm³/mol. The van der Waals surface area contributed by atoms with E-state index in [1.54, 1.807) is 18.2 Å². The number of pyridine rings is 1. The van der Waals surface area contributed by atoms with Gasteiger partial charge >= 0.3 is 0 Å². The lowest BCUT2D eigenvalue weighted by molar-refractivity contribution is 0.123. The normalized spacial score (nSPS) is 15.2. The number of hydrogen-bond acceptors (Lipinski definition) is 4. The third kappa shape index (κ3) is 3.93. The molecule has 1 aliphatic rings. The number of halogens is 3. The molecule has 23 heavy (non-hydrogen) atoms. The van der Waals surface area contributed by atoms with E-state index in [2.05, 4.69) is 9.88 Å². The minimum atomic E-state index is -0.488. The zero-order chi connectivity index (χ0) is 15.5. The first-order valence-electron chi connectivity index (χ1n) is 7.09.